The number of hydrogen-bond donors (Lipinski definition) is 4. The number of imide groups is 2. The van der Waals surface area contributed by atoms with E-state index in [0.717, 1.165) is 101 Å². The largest absolute Gasteiger partial charge is 0.382 e. The van der Waals surface area contributed by atoms with Gasteiger partial charge in [0.05, 0.1) is 23.4 Å². The highest BCUT2D eigenvalue weighted by molar-refractivity contribution is 6.25. The number of carbonyl (C=O) groups is 6. The number of rotatable bonds is 11. The van der Waals surface area contributed by atoms with Crippen molar-refractivity contribution in [1.82, 2.24) is 34.9 Å². The molecule has 326 valence electrons. The molecule has 5 aliphatic heterocycles. The maximum absolute atomic E-state index is 13.6. The van der Waals surface area contributed by atoms with Gasteiger partial charge >= 0.3 is 6.03 Å². The summed E-state index contributed by atoms with van der Waals surface area (Å²) in [7, 11) is 1.83. The second-order valence-corrected chi connectivity index (χ2v) is 17.8. The summed E-state index contributed by atoms with van der Waals surface area (Å²) in [5.41, 5.74) is 9.09. The Labute approximate surface area is 360 Å². The Hall–Kier alpha value is -6.10. The number of carbonyl (C=O) groups excluding carboxylic acids is 6. The fourth-order valence-electron chi connectivity index (χ4n) is 10.4. The minimum absolute atomic E-state index is 0.0620. The number of nitrogens with zero attached hydrogens (tertiary/aromatic N) is 7. The van der Waals surface area contributed by atoms with Crippen molar-refractivity contribution in [3.8, 4) is 0 Å². The van der Waals surface area contributed by atoms with Gasteiger partial charge in [0.2, 0.25) is 11.8 Å². The number of benzene rings is 2. The van der Waals surface area contributed by atoms with Gasteiger partial charge in [-0.05, 0) is 113 Å². The van der Waals surface area contributed by atoms with Crippen LogP contribution in [0, 0.1) is 5.92 Å². The van der Waals surface area contributed by atoms with Gasteiger partial charge in [-0.15, -0.1) is 0 Å². The molecule has 1 aliphatic carbocycles. The van der Waals surface area contributed by atoms with Crippen molar-refractivity contribution in [2.45, 2.75) is 88.3 Å². The normalized spacial score (nSPS) is 25.0. The number of likely N-dealkylation sites (N-methyl/N-ethyl adjacent to an activating group) is 1. The summed E-state index contributed by atoms with van der Waals surface area (Å²) in [5.74, 6) is -0.653. The SMILES string of the molecule is CN1CCN([C@@H]2CCCN(c3cnc(C(N)=O)c(Nc4ccc(C5CCN(CC6CCC(Nc7cccc8c7C(=O)N([C@@H]7CCC(=O)NC7=O)C8=O)CC6)CC5)cc4)n3)C2)C1=O. The summed E-state index contributed by atoms with van der Waals surface area (Å²) in [4.78, 5) is 94.8. The number of urea groups is 1. The summed E-state index contributed by atoms with van der Waals surface area (Å²) in [6.07, 6.45) is 9.86. The molecule has 1 saturated carbocycles. The first kappa shape index (κ1) is 41.3. The number of nitrogens with one attached hydrogen (secondary N) is 3. The van der Waals surface area contributed by atoms with Gasteiger partial charge in [-0.1, -0.05) is 18.2 Å². The van der Waals surface area contributed by atoms with Gasteiger partial charge in [-0.25, -0.2) is 14.8 Å². The molecular weight excluding hydrogens is 791 g/mol. The second-order valence-electron chi connectivity index (χ2n) is 17.8. The first-order valence-electron chi connectivity index (χ1n) is 22.1. The van der Waals surface area contributed by atoms with Gasteiger partial charge in [0.1, 0.15) is 11.9 Å². The molecule has 7 amide bonds. The van der Waals surface area contributed by atoms with Crippen molar-refractivity contribution < 1.29 is 28.8 Å². The molecule has 4 saturated heterocycles. The summed E-state index contributed by atoms with van der Waals surface area (Å²) in [6.45, 7) is 6.01. The van der Waals surface area contributed by atoms with E-state index in [9.17, 15) is 28.8 Å². The van der Waals surface area contributed by atoms with E-state index in [2.05, 4.69) is 42.9 Å². The molecule has 5 N–H and O–H groups in total. The van der Waals surface area contributed by atoms with Crippen molar-refractivity contribution in [2.24, 2.45) is 11.7 Å². The number of hydrogen-bond acceptors (Lipinski definition) is 12. The Morgan fingerprint density at radius 2 is 1.65 bits per heavy atom. The van der Waals surface area contributed by atoms with Crippen LogP contribution in [0.2, 0.25) is 0 Å². The van der Waals surface area contributed by atoms with Crippen LogP contribution < -0.4 is 26.6 Å². The number of nitrogens with two attached hydrogens (primary N) is 1. The Balaban J connectivity index is 0.748. The molecule has 2 atom stereocenters. The maximum Gasteiger partial charge on any atom is 0.320 e. The van der Waals surface area contributed by atoms with E-state index >= 15 is 0 Å². The minimum Gasteiger partial charge on any atom is -0.382 e. The highest BCUT2D eigenvalue weighted by Crippen LogP contribution is 2.36. The van der Waals surface area contributed by atoms with E-state index in [4.69, 9.17) is 10.7 Å². The third kappa shape index (κ3) is 8.29. The molecule has 9 rings (SSSR count). The number of amides is 7. The molecular formula is C45H55N11O6. The van der Waals surface area contributed by atoms with Crippen LogP contribution in [0.25, 0.3) is 0 Å². The van der Waals surface area contributed by atoms with Crippen LogP contribution >= 0.6 is 0 Å². The summed E-state index contributed by atoms with van der Waals surface area (Å²) < 4.78 is 0. The van der Waals surface area contributed by atoms with Crippen LogP contribution in [0.4, 0.5) is 27.8 Å². The number of anilines is 4. The molecule has 3 aromatic rings. The van der Waals surface area contributed by atoms with Crippen molar-refractivity contribution >= 4 is 58.6 Å². The van der Waals surface area contributed by atoms with Crippen LogP contribution in [0.1, 0.15) is 107 Å². The zero-order valence-electron chi connectivity index (χ0n) is 35.2. The van der Waals surface area contributed by atoms with E-state index in [1.54, 1.807) is 23.2 Å². The standard InChI is InChI=1S/C45H55N11O6/c1-52-22-23-55(45(52)62)32-4-3-19-54(26-32)36-24-47-39(40(46)58)41(50-36)49-31-13-9-28(10-14-31)29-17-20-53(21-18-29)25-27-7-11-30(12-8-27)48-34-6-2-5-33-38(34)44(61)56(43(33)60)35-15-16-37(57)51-42(35)59/h2,5-6,9-10,13-14,24,27,29-30,32,35,48H,3-4,7-8,11-12,15-23,25-26H2,1H3,(H2,46,58)(H,49,50)(H,51,57,59)/t27?,30?,32-,35-/m1/s1. The number of fused-ring (bicyclic) bond motifs is 1. The lowest BCUT2D eigenvalue weighted by Crippen LogP contribution is -2.54. The molecule has 0 unspecified atom stereocenters. The van der Waals surface area contributed by atoms with Crippen molar-refractivity contribution in [3.63, 3.8) is 0 Å². The van der Waals surface area contributed by atoms with E-state index in [1.165, 1.54) is 5.56 Å². The first-order chi connectivity index (χ1) is 30.0. The highest BCUT2D eigenvalue weighted by atomic mass is 16.2. The highest BCUT2D eigenvalue weighted by Gasteiger charge is 2.46. The van der Waals surface area contributed by atoms with Crippen LogP contribution in [-0.2, 0) is 9.59 Å². The summed E-state index contributed by atoms with van der Waals surface area (Å²) >= 11 is 0. The molecule has 0 radical (unpaired) electrons. The average molecular weight is 846 g/mol. The lowest BCUT2D eigenvalue weighted by molar-refractivity contribution is -0.136. The molecule has 5 fully saturated rings. The predicted octanol–water partition coefficient (Wildman–Crippen LogP) is 3.91. The topological polar surface area (TPSA) is 207 Å². The number of primary amides is 1. The third-order valence-corrected chi connectivity index (χ3v) is 13.8. The predicted molar refractivity (Wildman–Crippen MR) is 231 cm³/mol. The van der Waals surface area contributed by atoms with Gasteiger partial charge in [0.15, 0.2) is 11.5 Å². The summed E-state index contributed by atoms with van der Waals surface area (Å²) in [5, 5.41) is 9.13. The van der Waals surface area contributed by atoms with Crippen LogP contribution in [-0.4, -0.2) is 136 Å². The lowest BCUT2D eigenvalue weighted by Gasteiger charge is -2.37. The minimum atomic E-state index is -0.987. The third-order valence-electron chi connectivity index (χ3n) is 13.8. The van der Waals surface area contributed by atoms with Gasteiger partial charge in [0.25, 0.3) is 17.7 Å². The van der Waals surface area contributed by atoms with Gasteiger partial charge in [-0.2, -0.15) is 0 Å². The fourth-order valence-corrected chi connectivity index (χ4v) is 10.4. The quantitative estimate of drug-likeness (QED) is 0.203. The number of piperidine rings is 3. The Kier molecular flexibility index (Phi) is 11.5. The molecule has 62 heavy (non-hydrogen) atoms. The van der Waals surface area contributed by atoms with E-state index in [-0.39, 0.29) is 36.7 Å². The van der Waals surface area contributed by atoms with Gasteiger partial charge in [-0.3, -0.25) is 34.2 Å². The Morgan fingerprint density at radius 3 is 2.35 bits per heavy atom. The molecule has 2 aromatic carbocycles. The van der Waals surface area contributed by atoms with E-state index in [0.29, 0.717) is 46.8 Å². The van der Waals surface area contributed by atoms with Crippen LogP contribution in [0.3, 0.4) is 0 Å². The Bertz CT molecular complexity index is 2250. The van der Waals surface area contributed by atoms with Crippen LogP contribution in [0.15, 0.2) is 48.7 Å². The maximum atomic E-state index is 13.6. The zero-order chi connectivity index (χ0) is 43.1. The molecule has 0 bridgehead atoms. The zero-order valence-corrected chi connectivity index (χ0v) is 35.2. The molecule has 6 aliphatic rings. The van der Waals surface area contributed by atoms with Gasteiger partial charge in [0, 0.05) is 63.6 Å². The van der Waals surface area contributed by atoms with Crippen molar-refractivity contribution in [1.29, 1.82) is 0 Å². The van der Waals surface area contributed by atoms with Crippen molar-refractivity contribution in [3.05, 3.63) is 71.0 Å². The smallest absolute Gasteiger partial charge is 0.320 e. The van der Waals surface area contributed by atoms with Crippen LogP contribution in [0.5, 0.6) is 0 Å². The van der Waals surface area contributed by atoms with Gasteiger partial charge < -0.3 is 36.0 Å². The molecule has 17 nitrogen and oxygen atoms in total. The number of aromatic nitrogens is 2. The Morgan fingerprint density at radius 1 is 0.871 bits per heavy atom. The van der Waals surface area contributed by atoms with Crippen molar-refractivity contribution in [2.75, 3.05) is 68.4 Å². The summed E-state index contributed by atoms with van der Waals surface area (Å²) in [6, 6.07) is 12.9. The number of likely N-dealkylation sites (tertiary alicyclic amines) is 1. The van der Waals surface area contributed by atoms with E-state index < -0.39 is 35.6 Å². The average Bonchev–Trinajstić information content (AvgIpc) is 3.75. The van der Waals surface area contributed by atoms with E-state index in [1.807, 2.05) is 30.1 Å². The monoisotopic (exact) mass is 845 g/mol. The lowest BCUT2D eigenvalue weighted by atomic mass is 9.84. The molecule has 0 spiro atoms. The molecule has 17 heteroatoms. The first-order valence-corrected chi connectivity index (χ1v) is 22.1. The second kappa shape index (κ2) is 17.3. The fraction of sp³-hybridized carbons (Fsp3) is 0.511. The molecule has 6 heterocycles. The molecule has 1 aromatic heterocycles.